The Hall–Kier alpha value is -3.24. The van der Waals surface area contributed by atoms with Crippen molar-refractivity contribution in [3.05, 3.63) is 53.6 Å². The number of ether oxygens (including phenoxy) is 2. The maximum Gasteiger partial charge on any atom is 0.308 e. The van der Waals surface area contributed by atoms with Crippen LogP contribution in [-0.2, 0) is 19.6 Å². The molecule has 0 heterocycles. The number of rotatable bonds is 11. The molecule has 9 nitrogen and oxygen atoms in total. The number of hydrogen-bond donors (Lipinski definition) is 2. The smallest absolute Gasteiger partial charge is 0.308 e. The first-order valence-electron chi connectivity index (χ1n) is 10.9. The highest BCUT2D eigenvalue weighted by molar-refractivity contribution is 7.89. The molecule has 0 unspecified atom stereocenters. The van der Waals surface area contributed by atoms with Crippen molar-refractivity contribution in [2.75, 3.05) is 6.61 Å². The third kappa shape index (κ3) is 8.27. The lowest BCUT2D eigenvalue weighted by atomic mass is 10.0. The molecule has 0 aliphatic rings. The van der Waals surface area contributed by atoms with Crippen LogP contribution in [0, 0.1) is 12.8 Å². The summed E-state index contributed by atoms with van der Waals surface area (Å²) in [7, 11) is -3.89. The number of carbonyl (C=O) groups is 2. The van der Waals surface area contributed by atoms with Crippen LogP contribution in [-0.4, -0.2) is 39.2 Å². The van der Waals surface area contributed by atoms with Crippen molar-refractivity contribution < 1.29 is 27.5 Å². The van der Waals surface area contributed by atoms with E-state index in [1.165, 1.54) is 25.3 Å². The molecule has 0 radical (unpaired) electrons. The summed E-state index contributed by atoms with van der Waals surface area (Å²) in [5.41, 5.74) is 3.91. The van der Waals surface area contributed by atoms with Crippen LogP contribution in [0.25, 0.3) is 0 Å². The van der Waals surface area contributed by atoms with Crippen molar-refractivity contribution in [3.8, 4) is 11.5 Å². The minimum atomic E-state index is -3.89. The molecule has 2 N–H and O–H groups in total. The average Bonchev–Trinajstić information content (AvgIpc) is 2.74. The quantitative estimate of drug-likeness (QED) is 0.216. The van der Waals surface area contributed by atoms with Crippen LogP contribution in [0.1, 0.15) is 45.2 Å². The van der Waals surface area contributed by atoms with E-state index in [-0.39, 0.29) is 23.0 Å². The maximum atomic E-state index is 12.8. The number of hydrazone groups is 1. The SMILES string of the molecule is CCOc1cc(/C=N\NC(=O)[C@@H](CC(C)C)NS(=O)(=O)c2ccc(C)cc2)ccc1OC(C)=O. The Morgan fingerprint density at radius 3 is 2.35 bits per heavy atom. The van der Waals surface area contributed by atoms with Crippen LogP contribution in [0.3, 0.4) is 0 Å². The Morgan fingerprint density at radius 1 is 1.09 bits per heavy atom. The minimum absolute atomic E-state index is 0.0584. The number of sulfonamides is 1. The van der Waals surface area contributed by atoms with Gasteiger partial charge in [-0.25, -0.2) is 13.8 Å². The van der Waals surface area contributed by atoms with Crippen LogP contribution in [0.15, 0.2) is 52.5 Å². The number of hydrogen-bond acceptors (Lipinski definition) is 7. The standard InChI is InChI=1S/C24H31N3O6S/c1-6-32-23-14-19(9-12-22(23)33-18(5)28)15-25-26-24(29)21(13-16(2)3)27-34(30,31)20-10-7-17(4)8-11-20/h7-12,14-16,21,27H,6,13H2,1-5H3,(H,26,29)/b25-15-/t21-/m1/s1. The molecule has 34 heavy (non-hydrogen) atoms. The third-order valence-electron chi connectivity index (χ3n) is 4.56. The van der Waals surface area contributed by atoms with Gasteiger partial charge < -0.3 is 9.47 Å². The number of carbonyl (C=O) groups excluding carboxylic acids is 2. The summed E-state index contributed by atoms with van der Waals surface area (Å²) in [5, 5.41) is 3.95. The minimum Gasteiger partial charge on any atom is -0.490 e. The Bertz CT molecular complexity index is 1130. The fourth-order valence-corrected chi connectivity index (χ4v) is 4.22. The zero-order valence-electron chi connectivity index (χ0n) is 20.0. The number of nitrogens with zero attached hydrogens (tertiary/aromatic N) is 1. The fourth-order valence-electron chi connectivity index (χ4n) is 3.01. The summed E-state index contributed by atoms with van der Waals surface area (Å²) < 4.78 is 38.6. The molecule has 0 bridgehead atoms. The highest BCUT2D eigenvalue weighted by atomic mass is 32.2. The number of esters is 1. The van der Waals surface area contributed by atoms with Crippen molar-refractivity contribution in [1.82, 2.24) is 10.1 Å². The van der Waals surface area contributed by atoms with Crippen LogP contribution in [0.4, 0.5) is 0 Å². The number of amides is 1. The lowest BCUT2D eigenvalue weighted by molar-refractivity contribution is -0.132. The number of benzene rings is 2. The molecule has 2 aromatic carbocycles. The molecular weight excluding hydrogens is 458 g/mol. The summed E-state index contributed by atoms with van der Waals surface area (Å²) in [5.74, 6) is -0.362. The van der Waals surface area contributed by atoms with Gasteiger partial charge in [-0.1, -0.05) is 31.5 Å². The van der Waals surface area contributed by atoms with Crippen LogP contribution in [0.2, 0.25) is 0 Å². The Labute approximate surface area is 200 Å². The van der Waals surface area contributed by atoms with E-state index in [0.717, 1.165) is 5.56 Å². The summed E-state index contributed by atoms with van der Waals surface area (Å²) in [6.07, 6.45) is 1.68. The van der Waals surface area contributed by atoms with E-state index in [1.807, 2.05) is 20.8 Å². The lowest BCUT2D eigenvalue weighted by Gasteiger charge is -2.19. The third-order valence-corrected chi connectivity index (χ3v) is 6.05. The second kappa shape index (κ2) is 12.3. The molecule has 0 aromatic heterocycles. The molecule has 0 aliphatic carbocycles. The molecule has 184 valence electrons. The second-order valence-electron chi connectivity index (χ2n) is 8.08. The van der Waals surface area contributed by atoms with E-state index in [2.05, 4.69) is 15.2 Å². The molecule has 1 amide bonds. The first-order chi connectivity index (χ1) is 16.0. The van der Waals surface area contributed by atoms with E-state index in [0.29, 0.717) is 17.9 Å². The van der Waals surface area contributed by atoms with Gasteiger partial charge in [0.1, 0.15) is 6.04 Å². The Kier molecular flexibility index (Phi) is 9.76. The predicted octanol–water partition coefficient (Wildman–Crippen LogP) is 3.16. The molecular formula is C24H31N3O6S. The first-order valence-corrected chi connectivity index (χ1v) is 12.4. The molecule has 0 saturated carbocycles. The zero-order valence-corrected chi connectivity index (χ0v) is 20.8. The van der Waals surface area contributed by atoms with E-state index in [1.54, 1.807) is 37.3 Å². The summed E-state index contributed by atoms with van der Waals surface area (Å²) in [4.78, 5) is 24.1. The van der Waals surface area contributed by atoms with Gasteiger partial charge in [0.05, 0.1) is 17.7 Å². The zero-order chi connectivity index (χ0) is 25.3. The van der Waals surface area contributed by atoms with Gasteiger partial charge in [0, 0.05) is 6.92 Å². The molecule has 2 aromatic rings. The van der Waals surface area contributed by atoms with Crippen LogP contribution >= 0.6 is 0 Å². The number of aryl methyl sites for hydroxylation is 1. The molecule has 0 fully saturated rings. The van der Waals surface area contributed by atoms with E-state index < -0.39 is 27.9 Å². The van der Waals surface area contributed by atoms with Gasteiger partial charge in [-0.15, -0.1) is 0 Å². The van der Waals surface area contributed by atoms with Gasteiger partial charge in [0.15, 0.2) is 11.5 Å². The van der Waals surface area contributed by atoms with Gasteiger partial charge in [0.25, 0.3) is 5.91 Å². The topological polar surface area (TPSA) is 123 Å². The molecule has 0 spiro atoms. The van der Waals surface area contributed by atoms with Crippen molar-refractivity contribution in [2.24, 2.45) is 11.0 Å². The largest absolute Gasteiger partial charge is 0.490 e. The highest BCUT2D eigenvalue weighted by Gasteiger charge is 2.26. The molecule has 10 heteroatoms. The molecule has 2 rings (SSSR count). The number of nitrogens with one attached hydrogen (secondary N) is 2. The molecule has 0 aliphatic heterocycles. The van der Waals surface area contributed by atoms with Crippen molar-refractivity contribution >= 4 is 28.1 Å². The highest BCUT2D eigenvalue weighted by Crippen LogP contribution is 2.28. The van der Waals surface area contributed by atoms with Crippen molar-refractivity contribution in [3.63, 3.8) is 0 Å². The van der Waals surface area contributed by atoms with Crippen LogP contribution in [0.5, 0.6) is 11.5 Å². The maximum absolute atomic E-state index is 12.8. The van der Waals surface area contributed by atoms with Gasteiger partial charge in [-0.05, 0) is 62.1 Å². The van der Waals surface area contributed by atoms with Gasteiger partial charge >= 0.3 is 5.97 Å². The average molecular weight is 490 g/mol. The van der Waals surface area contributed by atoms with E-state index >= 15 is 0 Å². The summed E-state index contributed by atoms with van der Waals surface area (Å²) in [6.45, 7) is 9.10. The van der Waals surface area contributed by atoms with E-state index in [4.69, 9.17) is 9.47 Å². The predicted molar refractivity (Wildman–Crippen MR) is 129 cm³/mol. The fraction of sp³-hybridized carbons (Fsp3) is 0.375. The first kappa shape index (κ1) is 27.0. The Morgan fingerprint density at radius 2 is 1.76 bits per heavy atom. The Balaban J connectivity index is 2.14. The second-order valence-corrected chi connectivity index (χ2v) is 9.80. The molecule has 0 saturated heterocycles. The lowest BCUT2D eigenvalue weighted by Crippen LogP contribution is -2.46. The summed E-state index contributed by atoms with van der Waals surface area (Å²) >= 11 is 0. The van der Waals surface area contributed by atoms with Crippen molar-refractivity contribution in [1.29, 1.82) is 0 Å². The normalized spacial score (nSPS) is 12.5. The van der Waals surface area contributed by atoms with Gasteiger partial charge in [0.2, 0.25) is 10.0 Å². The summed E-state index contributed by atoms with van der Waals surface area (Å²) in [6, 6.07) is 10.2. The van der Waals surface area contributed by atoms with Gasteiger partial charge in [-0.2, -0.15) is 9.82 Å². The van der Waals surface area contributed by atoms with E-state index in [9.17, 15) is 18.0 Å². The van der Waals surface area contributed by atoms with Gasteiger partial charge in [-0.3, -0.25) is 9.59 Å². The van der Waals surface area contributed by atoms with Crippen molar-refractivity contribution in [2.45, 2.75) is 52.0 Å². The van der Waals surface area contributed by atoms with Crippen LogP contribution < -0.4 is 19.6 Å². The molecule has 1 atom stereocenters. The monoisotopic (exact) mass is 489 g/mol.